The van der Waals surface area contributed by atoms with Gasteiger partial charge in [-0.15, -0.1) is 0 Å². The van der Waals surface area contributed by atoms with Gasteiger partial charge in [-0.3, -0.25) is 9.59 Å². The predicted octanol–water partition coefficient (Wildman–Crippen LogP) is 13.3. The number of carboxylic acids is 1. The third-order valence-corrected chi connectivity index (χ3v) is 8.25. The lowest BCUT2D eigenvalue weighted by Crippen LogP contribution is -2.18. The summed E-state index contributed by atoms with van der Waals surface area (Å²) in [6.45, 7) is 4.42. The Labute approximate surface area is 284 Å². The molecule has 0 fully saturated rings. The van der Waals surface area contributed by atoms with Gasteiger partial charge in [-0.05, 0) is 83.5 Å². The molecule has 1 atom stereocenters. The van der Waals surface area contributed by atoms with E-state index in [-0.39, 0.29) is 18.5 Å². The van der Waals surface area contributed by atoms with Crippen molar-refractivity contribution in [1.82, 2.24) is 0 Å². The Hall–Kier alpha value is -2.36. The molecule has 0 bridgehead atoms. The summed E-state index contributed by atoms with van der Waals surface area (Å²) in [7, 11) is 0. The molecule has 0 radical (unpaired) electrons. The molecule has 0 aliphatic rings. The molecule has 0 aliphatic carbocycles. The molecular formula is C42H72O4. The Balaban J connectivity index is 3.94. The first-order chi connectivity index (χ1) is 22.6. The highest BCUT2D eigenvalue weighted by atomic mass is 16.5. The van der Waals surface area contributed by atoms with E-state index < -0.39 is 5.97 Å². The molecule has 0 aromatic carbocycles. The number of carbonyl (C=O) groups excluding carboxylic acids is 1. The van der Waals surface area contributed by atoms with Gasteiger partial charge < -0.3 is 9.84 Å². The van der Waals surface area contributed by atoms with Crippen LogP contribution in [0, 0.1) is 0 Å². The average molecular weight is 641 g/mol. The molecular weight excluding hydrogens is 568 g/mol. The molecule has 0 rings (SSSR count). The van der Waals surface area contributed by atoms with Crippen molar-refractivity contribution in [2.75, 3.05) is 0 Å². The molecule has 0 amide bonds. The van der Waals surface area contributed by atoms with Crippen LogP contribution in [0.25, 0.3) is 0 Å². The number of ether oxygens (including phenoxy) is 1. The van der Waals surface area contributed by atoms with Crippen LogP contribution in [0.1, 0.15) is 187 Å². The number of aliphatic carboxylic acids is 1. The Morgan fingerprint density at radius 2 is 0.913 bits per heavy atom. The Morgan fingerprint density at radius 3 is 1.43 bits per heavy atom. The minimum Gasteiger partial charge on any atom is -0.481 e. The summed E-state index contributed by atoms with van der Waals surface area (Å²) in [5, 5.41) is 8.87. The van der Waals surface area contributed by atoms with Crippen LogP contribution in [0.3, 0.4) is 0 Å². The summed E-state index contributed by atoms with van der Waals surface area (Å²) in [5.74, 6) is -0.780. The molecule has 264 valence electrons. The molecule has 1 unspecified atom stereocenters. The summed E-state index contributed by atoms with van der Waals surface area (Å²) in [4.78, 5) is 23.4. The van der Waals surface area contributed by atoms with E-state index in [0.717, 1.165) is 83.5 Å². The summed E-state index contributed by atoms with van der Waals surface area (Å²) >= 11 is 0. The summed E-state index contributed by atoms with van der Waals surface area (Å²) in [6.07, 6.45) is 50.9. The quantitative estimate of drug-likeness (QED) is 0.0432. The standard InChI is InChI=1S/C42H72O4/c1-3-5-7-9-11-13-14-15-16-17-18-19-20-21-22-23-24-26-28-30-35-39-42(45)46-40(37-33-31-34-38-41(43)44)36-32-29-27-25-12-10-8-6-4-2/h5,7,11,13,15-16,18-19,21-22,40H,3-4,6,8-10,12,14,17,20,23-39H2,1-2H3,(H,43,44)/b7-5-,13-11-,16-15-,19-18-,22-21-. The van der Waals surface area contributed by atoms with E-state index >= 15 is 0 Å². The van der Waals surface area contributed by atoms with Gasteiger partial charge in [-0.1, -0.05) is 152 Å². The lowest BCUT2D eigenvalue weighted by molar-refractivity contribution is -0.150. The molecule has 0 aliphatic heterocycles. The Kier molecular flexibility index (Phi) is 35.2. The number of carboxylic acid groups (broad SMARTS) is 1. The van der Waals surface area contributed by atoms with Crippen LogP contribution in [-0.4, -0.2) is 23.1 Å². The second-order valence-corrected chi connectivity index (χ2v) is 12.7. The molecule has 0 aromatic heterocycles. The van der Waals surface area contributed by atoms with Gasteiger partial charge in [0.1, 0.15) is 6.10 Å². The molecule has 4 heteroatoms. The van der Waals surface area contributed by atoms with E-state index in [4.69, 9.17) is 9.84 Å². The number of carbonyl (C=O) groups is 2. The fourth-order valence-electron chi connectivity index (χ4n) is 5.45. The minimum absolute atomic E-state index is 0.00893. The zero-order valence-electron chi connectivity index (χ0n) is 30.1. The van der Waals surface area contributed by atoms with E-state index in [1.54, 1.807) is 0 Å². The third-order valence-electron chi connectivity index (χ3n) is 8.25. The Morgan fingerprint density at radius 1 is 0.500 bits per heavy atom. The highest BCUT2D eigenvalue weighted by molar-refractivity contribution is 5.69. The normalized spacial score (nSPS) is 12.9. The van der Waals surface area contributed by atoms with Crippen molar-refractivity contribution in [3.05, 3.63) is 60.8 Å². The van der Waals surface area contributed by atoms with Gasteiger partial charge in [0.15, 0.2) is 0 Å². The molecule has 0 saturated carbocycles. The summed E-state index contributed by atoms with van der Waals surface area (Å²) in [5.41, 5.74) is 0. The molecule has 0 heterocycles. The first kappa shape index (κ1) is 43.6. The second-order valence-electron chi connectivity index (χ2n) is 12.7. The van der Waals surface area contributed by atoms with E-state index in [1.807, 2.05) is 0 Å². The smallest absolute Gasteiger partial charge is 0.306 e. The number of rotatable bonds is 34. The lowest BCUT2D eigenvalue weighted by Gasteiger charge is -2.18. The van der Waals surface area contributed by atoms with Crippen LogP contribution >= 0.6 is 0 Å². The predicted molar refractivity (Wildman–Crippen MR) is 199 cm³/mol. The van der Waals surface area contributed by atoms with Crippen LogP contribution in [0.15, 0.2) is 60.8 Å². The third kappa shape index (κ3) is 36.1. The molecule has 0 spiro atoms. The minimum atomic E-state index is -0.730. The van der Waals surface area contributed by atoms with Gasteiger partial charge >= 0.3 is 11.9 Å². The van der Waals surface area contributed by atoms with Crippen LogP contribution in [0.2, 0.25) is 0 Å². The first-order valence-electron chi connectivity index (χ1n) is 19.3. The first-order valence-corrected chi connectivity index (χ1v) is 19.3. The van der Waals surface area contributed by atoms with E-state index in [0.29, 0.717) is 12.8 Å². The van der Waals surface area contributed by atoms with Gasteiger partial charge in [0.05, 0.1) is 0 Å². The van der Waals surface area contributed by atoms with Gasteiger partial charge in [-0.2, -0.15) is 0 Å². The molecule has 4 nitrogen and oxygen atoms in total. The number of esters is 1. The van der Waals surface area contributed by atoms with Gasteiger partial charge in [0.25, 0.3) is 0 Å². The largest absolute Gasteiger partial charge is 0.481 e. The summed E-state index contributed by atoms with van der Waals surface area (Å²) < 4.78 is 5.92. The van der Waals surface area contributed by atoms with E-state index in [2.05, 4.69) is 74.6 Å². The van der Waals surface area contributed by atoms with Crippen molar-refractivity contribution >= 4 is 11.9 Å². The van der Waals surface area contributed by atoms with Crippen molar-refractivity contribution in [2.45, 2.75) is 193 Å². The summed E-state index contributed by atoms with van der Waals surface area (Å²) in [6, 6.07) is 0. The zero-order chi connectivity index (χ0) is 33.6. The van der Waals surface area contributed by atoms with Crippen molar-refractivity contribution < 1.29 is 19.4 Å². The van der Waals surface area contributed by atoms with Gasteiger partial charge in [0.2, 0.25) is 0 Å². The van der Waals surface area contributed by atoms with Crippen LogP contribution in [0.4, 0.5) is 0 Å². The van der Waals surface area contributed by atoms with Gasteiger partial charge in [0, 0.05) is 12.8 Å². The SMILES string of the molecule is CC/C=C\C/C=C\C/C=C\C/C=C\C/C=C\CCCCCCCC(=O)OC(CCCCCCCCCCC)CCCCCC(=O)O. The highest BCUT2D eigenvalue weighted by Gasteiger charge is 2.14. The fourth-order valence-corrected chi connectivity index (χ4v) is 5.45. The number of unbranched alkanes of at least 4 members (excludes halogenated alkanes) is 15. The fraction of sp³-hybridized carbons (Fsp3) is 0.714. The van der Waals surface area contributed by atoms with Crippen molar-refractivity contribution in [3.8, 4) is 0 Å². The van der Waals surface area contributed by atoms with Crippen molar-refractivity contribution in [3.63, 3.8) is 0 Å². The zero-order valence-corrected chi connectivity index (χ0v) is 30.1. The number of hydrogen-bond acceptors (Lipinski definition) is 3. The van der Waals surface area contributed by atoms with Crippen molar-refractivity contribution in [1.29, 1.82) is 0 Å². The molecule has 1 N–H and O–H groups in total. The molecule has 0 aromatic rings. The molecule has 0 saturated heterocycles. The number of hydrogen-bond donors (Lipinski definition) is 1. The van der Waals surface area contributed by atoms with Crippen LogP contribution < -0.4 is 0 Å². The second kappa shape index (κ2) is 37.1. The van der Waals surface area contributed by atoms with Gasteiger partial charge in [-0.25, -0.2) is 0 Å². The number of allylic oxidation sites excluding steroid dienone is 10. The maximum atomic E-state index is 12.6. The maximum absolute atomic E-state index is 12.6. The van der Waals surface area contributed by atoms with E-state index in [1.165, 1.54) is 70.6 Å². The van der Waals surface area contributed by atoms with Crippen molar-refractivity contribution in [2.24, 2.45) is 0 Å². The van der Waals surface area contributed by atoms with E-state index in [9.17, 15) is 9.59 Å². The lowest BCUT2D eigenvalue weighted by atomic mass is 10.0. The molecule has 46 heavy (non-hydrogen) atoms. The van der Waals surface area contributed by atoms with Crippen LogP contribution in [0.5, 0.6) is 0 Å². The van der Waals surface area contributed by atoms with Crippen LogP contribution in [-0.2, 0) is 14.3 Å². The highest BCUT2D eigenvalue weighted by Crippen LogP contribution is 2.18. The topological polar surface area (TPSA) is 63.6 Å². The maximum Gasteiger partial charge on any atom is 0.306 e. The Bertz CT molecular complexity index is 820. The average Bonchev–Trinajstić information content (AvgIpc) is 3.04. The monoisotopic (exact) mass is 641 g/mol.